The molecular formula is C9H18NO7P. The maximum absolute atomic E-state index is 11.0. The summed E-state index contributed by atoms with van der Waals surface area (Å²) < 4.78 is 9.05. The zero-order chi connectivity index (χ0) is 14.0. The summed E-state index contributed by atoms with van der Waals surface area (Å²) in [6.45, 7) is 1.14. The van der Waals surface area contributed by atoms with E-state index < -0.39 is 33.3 Å². The first-order chi connectivity index (χ1) is 8.45. The molecule has 18 heavy (non-hydrogen) atoms. The van der Waals surface area contributed by atoms with Gasteiger partial charge in [0.25, 0.3) is 0 Å². The van der Waals surface area contributed by atoms with E-state index in [-0.39, 0.29) is 19.1 Å². The summed E-state index contributed by atoms with van der Waals surface area (Å²) in [4.78, 5) is 39.1. The molecule has 106 valence electrons. The minimum Gasteiger partial charge on any atom is -0.428 e. The lowest BCUT2D eigenvalue weighted by Gasteiger charge is -2.12. The first-order valence-corrected chi connectivity index (χ1v) is 6.78. The number of aliphatic hydroxyl groups is 1. The summed E-state index contributed by atoms with van der Waals surface area (Å²) in [5.41, 5.74) is 0. The van der Waals surface area contributed by atoms with Crippen LogP contribution >= 0.6 is 8.38 Å². The normalized spacial score (nSPS) is 12.1. The van der Waals surface area contributed by atoms with Gasteiger partial charge in [-0.15, -0.1) is 0 Å². The van der Waals surface area contributed by atoms with E-state index in [1.54, 1.807) is 0 Å². The van der Waals surface area contributed by atoms with Crippen molar-refractivity contribution in [2.75, 3.05) is 19.5 Å². The molecule has 0 heterocycles. The fourth-order valence-corrected chi connectivity index (χ4v) is 1.44. The molecule has 0 unspecified atom stereocenters. The molecule has 1 amide bonds. The fraction of sp³-hybridized carbons (Fsp3) is 0.778. The van der Waals surface area contributed by atoms with E-state index in [2.05, 4.69) is 14.8 Å². The number of carbonyl (C=O) groups is 2. The smallest absolute Gasteiger partial charge is 0.410 e. The Kier molecular flexibility index (Phi) is 9.49. The molecule has 0 aromatic heterocycles. The van der Waals surface area contributed by atoms with Gasteiger partial charge in [-0.05, 0) is 6.42 Å². The van der Waals surface area contributed by atoms with Gasteiger partial charge in [0.1, 0.15) is 0 Å². The van der Waals surface area contributed by atoms with Crippen LogP contribution in [0, 0.1) is 0 Å². The molecule has 0 saturated heterocycles. The van der Waals surface area contributed by atoms with Gasteiger partial charge in [-0.2, -0.15) is 0 Å². The highest BCUT2D eigenvalue weighted by molar-refractivity contribution is 7.45. The van der Waals surface area contributed by atoms with Crippen LogP contribution in [0.2, 0.25) is 0 Å². The zero-order valence-corrected chi connectivity index (χ0v) is 10.9. The fourth-order valence-electron chi connectivity index (χ4n) is 0.930. The van der Waals surface area contributed by atoms with Crippen LogP contribution in [0.1, 0.15) is 19.8 Å². The Bertz CT molecular complexity index is 261. The molecule has 0 aliphatic rings. The van der Waals surface area contributed by atoms with Gasteiger partial charge in [-0.25, -0.2) is 4.79 Å². The van der Waals surface area contributed by atoms with E-state index in [0.29, 0.717) is 6.42 Å². The van der Waals surface area contributed by atoms with E-state index in [9.17, 15) is 14.7 Å². The summed E-state index contributed by atoms with van der Waals surface area (Å²) in [5, 5.41) is 11.4. The third-order valence-corrected chi connectivity index (χ3v) is 2.47. The summed E-state index contributed by atoms with van der Waals surface area (Å²) in [5.74, 6) is -0.462. The van der Waals surface area contributed by atoms with Gasteiger partial charge in [0.2, 0.25) is 6.79 Å². The van der Waals surface area contributed by atoms with Crippen LogP contribution in [0.4, 0.5) is 4.79 Å². The molecule has 0 bridgehead atoms. The van der Waals surface area contributed by atoms with Crippen LogP contribution in [-0.4, -0.2) is 52.6 Å². The lowest BCUT2D eigenvalue weighted by molar-refractivity contribution is -0.151. The molecule has 0 aliphatic carbocycles. The Morgan fingerprint density at radius 1 is 1.33 bits per heavy atom. The summed E-state index contributed by atoms with van der Waals surface area (Å²) in [6.07, 6.45) is -1.26. The van der Waals surface area contributed by atoms with Crippen molar-refractivity contribution in [3.63, 3.8) is 0 Å². The third kappa shape index (κ3) is 10.2. The average molecular weight is 283 g/mol. The van der Waals surface area contributed by atoms with Crippen molar-refractivity contribution in [1.82, 2.24) is 5.32 Å². The Labute approximate surface area is 106 Å². The second-order valence-electron chi connectivity index (χ2n) is 3.41. The van der Waals surface area contributed by atoms with Crippen LogP contribution in [0.3, 0.4) is 0 Å². The molecule has 8 nitrogen and oxygen atoms in total. The highest BCUT2D eigenvalue weighted by Crippen LogP contribution is 2.23. The number of hydrogen-bond donors (Lipinski definition) is 4. The molecule has 0 aromatic rings. The second-order valence-corrected chi connectivity index (χ2v) is 4.52. The molecule has 0 aromatic carbocycles. The molecule has 9 heteroatoms. The first kappa shape index (κ1) is 17.1. The average Bonchev–Trinajstić information content (AvgIpc) is 2.26. The largest absolute Gasteiger partial charge is 0.428 e. The number of amides is 1. The van der Waals surface area contributed by atoms with Crippen LogP contribution in [0.25, 0.3) is 0 Å². The molecule has 0 rings (SSSR count). The number of aliphatic hydroxyl groups excluding tert-OH is 1. The topological polar surface area (TPSA) is 125 Å². The maximum atomic E-state index is 11.0. The number of nitrogens with one attached hydrogen (secondary N) is 1. The van der Waals surface area contributed by atoms with Gasteiger partial charge in [0.05, 0.1) is 6.10 Å². The van der Waals surface area contributed by atoms with Crippen LogP contribution in [0.5, 0.6) is 0 Å². The first-order valence-electron chi connectivity index (χ1n) is 5.35. The van der Waals surface area contributed by atoms with Gasteiger partial charge in [-0.3, -0.25) is 4.79 Å². The minimum atomic E-state index is -2.21. The molecule has 0 fully saturated rings. The van der Waals surface area contributed by atoms with Gasteiger partial charge in [-0.1, -0.05) is 6.92 Å². The van der Waals surface area contributed by atoms with Crippen LogP contribution < -0.4 is 5.32 Å². The number of hydrogen-bond acceptors (Lipinski definition) is 7. The lowest BCUT2D eigenvalue weighted by atomic mass is 10.3. The molecule has 0 saturated carbocycles. The van der Waals surface area contributed by atoms with Crippen molar-refractivity contribution in [3.05, 3.63) is 0 Å². The molecule has 1 atom stereocenters. The molecule has 0 radical (unpaired) electrons. The van der Waals surface area contributed by atoms with Crippen molar-refractivity contribution in [1.29, 1.82) is 0 Å². The number of carbonyl (C=O) groups excluding carboxylic acids is 2. The highest BCUT2D eigenvalue weighted by Gasteiger charge is 2.12. The van der Waals surface area contributed by atoms with Gasteiger partial charge >= 0.3 is 12.1 Å². The van der Waals surface area contributed by atoms with Crippen molar-refractivity contribution in [2.45, 2.75) is 25.9 Å². The van der Waals surface area contributed by atoms with Crippen molar-refractivity contribution < 1.29 is 34.0 Å². The van der Waals surface area contributed by atoms with Crippen LogP contribution in [-0.2, 0) is 14.3 Å². The lowest BCUT2D eigenvalue weighted by Crippen LogP contribution is -2.34. The Balaban J connectivity index is 3.57. The van der Waals surface area contributed by atoms with Crippen molar-refractivity contribution in [3.8, 4) is 0 Å². The molecular weight excluding hydrogens is 265 g/mol. The number of ether oxygens (including phenoxy) is 2. The van der Waals surface area contributed by atoms with Crippen molar-refractivity contribution >= 4 is 20.4 Å². The Hall–Kier alpha value is -0.950. The Morgan fingerprint density at radius 2 is 2.00 bits per heavy atom. The molecule has 0 spiro atoms. The van der Waals surface area contributed by atoms with Crippen LogP contribution in [0.15, 0.2) is 0 Å². The standard InChI is InChI=1S/C9H18NO7P/c1-2-3-8(12)16-6-17-9(13)10-4-7(11)5-18(14)15/h7,11,14-15H,2-6H2,1H3,(H,10,13)/t7-/m1/s1. The van der Waals surface area contributed by atoms with E-state index in [4.69, 9.17) is 9.79 Å². The van der Waals surface area contributed by atoms with Gasteiger partial charge < -0.3 is 29.7 Å². The molecule has 0 aliphatic heterocycles. The zero-order valence-electron chi connectivity index (χ0n) is 10.0. The predicted octanol–water partition coefficient (Wildman–Crippen LogP) is -0.329. The summed E-state index contributed by atoms with van der Waals surface area (Å²) in [7, 11) is -2.21. The van der Waals surface area contributed by atoms with Crippen molar-refractivity contribution in [2.24, 2.45) is 0 Å². The highest BCUT2D eigenvalue weighted by atomic mass is 31.2. The van der Waals surface area contributed by atoms with E-state index >= 15 is 0 Å². The summed E-state index contributed by atoms with van der Waals surface area (Å²) >= 11 is 0. The monoisotopic (exact) mass is 283 g/mol. The summed E-state index contributed by atoms with van der Waals surface area (Å²) in [6, 6.07) is 0. The SMILES string of the molecule is CCCC(=O)OCOC(=O)NC[C@@H](O)CP(O)O. The van der Waals surface area contributed by atoms with Gasteiger partial charge in [0, 0.05) is 19.1 Å². The molecule has 4 N–H and O–H groups in total. The third-order valence-electron chi connectivity index (χ3n) is 1.72. The number of rotatable bonds is 8. The van der Waals surface area contributed by atoms with E-state index in [0.717, 1.165) is 0 Å². The quantitative estimate of drug-likeness (QED) is 0.273. The second kappa shape index (κ2) is 10.0. The Morgan fingerprint density at radius 3 is 2.56 bits per heavy atom. The van der Waals surface area contributed by atoms with E-state index in [1.807, 2.05) is 6.92 Å². The number of esters is 1. The minimum absolute atomic E-state index is 0.179. The number of alkyl carbamates (subject to hydrolysis) is 1. The maximum Gasteiger partial charge on any atom is 0.410 e. The predicted molar refractivity (Wildman–Crippen MR) is 62.6 cm³/mol. The van der Waals surface area contributed by atoms with Gasteiger partial charge in [0.15, 0.2) is 8.38 Å². The van der Waals surface area contributed by atoms with E-state index in [1.165, 1.54) is 0 Å².